The second kappa shape index (κ2) is 52.5. The Kier molecular flexibility index (Phi) is 49.7. The highest BCUT2D eigenvalue weighted by atomic mass is 16.7. The molecule has 9 nitrogen and oxygen atoms in total. The fraction of sp³-hybridized carbons (Fsp3) is 0.694. The number of allylic oxidation sites excluding steroid dienone is 16. The molecule has 0 N–H and O–H groups in total. The first-order valence-corrected chi connectivity index (χ1v) is 28.4. The topological polar surface area (TPSA) is 111 Å². The molecule has 0 bridgehead atoms. The van der Waals surface area contributed by atoms with Gasteiger partial charge in [-0.25, -0.2) is 0 Å². The number of carbonyl (C=O) groups is 3. The number of likely N-dealkylation sites (N-methyl/N-ethyl adjacent to an activating group) is 1. The van der Waals surface area contributed by atoms with E-state index in [0.717, 1.165) is 64.2 Å². The number of esters is 2. The molecule has 0 rings (SSSR count). The van der Waals surface area contributed by atoms with Crippen LogP contribution >= 0.6 is 0 Å². The number of aliphatic carboxylic acids is 1. The summed E-state index contributed by atoms with van der Waals surface area (Å²) in [6, 6.07) is 0. The average molecular weight is 993 g/mol. The Hall–Kier alpha value is -3.79. The molecule has 0 amide bonds. The molecule has 0 aliphatic rings. The summed E-state index contributed by atoms with van der Waals surface area (Å²) < 4.78 is 22.6. The second-order valence-corrected chi connectivity index (χ2v) is 19.8. The highest BCUT2D eigenvalue weighted by Crippen LogP contribution is 2.15. The predicted octanol–water partition coefficient (Wildman–Crippen LogP) is 15.2. The van der Waals surface area contributed by atoms with Crippen LogP contribution in [0.4, 0.5) is 0 Å². The molecule has 0 spiro atoms. The number of hydrogen-bond donors (Lipinski definition) is 0. The van der Waals surface area contributed by atoms with Gasteiger partial charge in [-0.05, 0) is 89.9 Å². The maximum atomic E-state index is 12.8. The summed E-state index contributed by atoms with van der Waals surface area (Å²) in [7, 11) is 5.89. The Balaban J connectivity index is 4.38. The first-order chi connectivity index (χ1) is 34.6. The summed E-state index contributed by atoms with van der Waals surface area (Å²) in [5.74, 6) is -2.37. The third-order valence-electron chi connectivity index (χ3n) is 11.8. The van der Waals surface area contributed by atoms with Crippen molar-refractivity contribution in [3.8, 4) is 0 Å². The minimum absolute atomic E-state index is 0.132. The van der Waals surface area contributed by atoms with Crippen molar-refractivity contribution < 1.29 is 42.9 Å². The van der Waals surface area contributed by atoms with Gasteiger partial charge in [0.25, 0.3) is 0 Å². The predicted molar refractivity (Wildman–Crippen MR) is 297 cm³/mol. The summed E-state index contributed by atoms with van der Waals surface area (Å²) >= 11 is 0. The van der Waals surface area contributed by atoms with Gasteiger partial charge in [-0.3, -0.25) is 9.59 Å². The van der Waals surface area contributed by atoms with Crippen LogP contribution in [-0.4, -0.2) is 82.3 Å². The van der Waals surface area contributed by atoms with Gasteiger partial charge >= 0.3 is 11.9 Å². The molecule has 9 heteroatoms. The Morgan fingerprint density at radius 2 is 0.817 bits per heavy atom. The van der Waals surface area contributed by atoms with Crippen LogP contribution in [0.1, 0.15) is 219 Å². The molecule has 0 fully saturated rings. The van der Waals surface area contributed by atoms with Crippen molar-refractivity contribution in [1.29, 1.82) is 0 Å². The van der Waals surface area contributed by atoms with Gasteiger partial charge in [0.1, 0.15) is 13.2 Å². The molecule has 2 atom stereocenters. The number of ether oxygens (including phenoxy) is 4. The van der Waals surface area contributed by atoms with Gasteiger partial charge < -0.3 is 33.3 Å². The Bertz CT molecular complexity index is 1480. The van der Waals surface area contributed by atoms with Crippen LogP contribution in [0.2, 0.25) is 0 Å². The van der Waals surface area contributed by atoms with Crippen LogP contribution in [-0.2, 0) is 33.3 Å². The highest BCUT2D eigenvalue weighted by Gasteiger charge is 2.21. The molecule has 0 saturated heterocycles. The van der Waals surface area contributed by atoms with E-state index in [1.165, 1.54) is 116 Å². The summed E-state index contributed by atoms with van der Waals surface area (Å²) in [5.41, 5.74) is 0. The minimum Gasteiger partial charge on any atom is -0.545 e. The van der Waals surface area contributed by atoms with E-state index < -0.39 is 24.3 Å². The van der Waals surface area contributed by atoms with E-state index >= 15 is 0 Å². The van der Waals surface area contributed by atoms with Crippen molar-refractivity contribution in [2.24, 2.45) is 0 Å². The summed E-state index contributed by atoms with van der Waals surface area (Å²) in [6.45, 7) is 4.56. The number of hydrogen-bond acceptors (Lipinski definition) is 8. The summed E-state index contributed by atoms with van der Waals surface area (Å²) in [4.78, 5) is 37.2. The number of carboxylic acids is 1. The molecule has 0 aromatic rings. The summed E-state index contributed by atoms with van der Waals surface area (Å²) in [6.07, 6.45) is 67.5. The molecular formula is C62H105NO8. The van der Waals surface area contributed by atoms with Gasteiger partial charge in [0.15, 0.2) is 12.4 Å². The van der Waals surface area contributed by atoms with E-state index in [-0.39, 0.29) is 38.6 Å². The van der Waals surface area contributed by atoms with E-state index in [0.29, 0.717) is 23.9 Å². The normalized spacial score (nSPS) is 13.5. The molecule has 0 aromatic carbocycles. The zero-order valence-corrected chi connectivity index (χ0v) is 46.1. The second-order valence-electron chi connectivity index (χ2n) is 19.8. The van der Waals surface area contributed by atoms with E-state index in [9.17, 15) is 19.5 Å². The van der Waals surface area contributed by atoms with Crippen molar-refractivity contribution in [3.63, 3.8) is 0 Å². The number of unbranched alkanes of at least 4 members (excludes halogenated alkanes) is 20. The average Bonchev–Trinajstić information content (AvgIpc) is 3.34. The molecule has 406 valence electrons. The van der Waals surface area contributed by atoms with E-state index in [1.807, 2.05) is 21.1 Å². The molecule has 0 aliphatic heterocycles. The van der Waals surface area contributed by atoms with E-state index in [1.54, 1.807) is 0 Å². The van der Waals surface area contributed by atoms with E-state index in [4.69, 9.17) is 18.9 Å². The molecule has 0 aromatic heterocycles. The lowest BCUT2D eigenvalue weighted by Gasteiger charge is -2.26. The molecule has 2 unspecified atom stereocenters. The van der Waals surface area contributed by atoms with Crippen LogP contribution in [0, 0.1) is 0 Å². The van der Waals surface area contributed by atoms with Gasteiger partial charge in [-0.2, -0.15) is 0 Å². The maximum absolute atomic E-state index is 12.8. The molecule has 71 heavy (non-hydrogen) atoms. The quantitative estimate of drug-likeness (QED) is 0.0195. The molecule has 0 saturated carbocycles. The van der Waals surface area contributed by atoms with Gasteiger partial charge in [-0.1, -0.05) is 214 Å². The van der Waals surface area contributed by atoms with Crippen LogP contribution in [0.25, 0.3) is 0 Å². The van der Waals surface area contributed by atoms with Crippen LogP contribution in [0.3, 0.4) is 0 Å². The molecular weight excluding hydrogens is 887 g/mol. The fourth-order valence-corrected chi connectivity index (χ4v) is 7.46. The zero-order chi connectivity index (χ0) is 52.0. The van der Waals surface area contributed by atoms with Crippen LogP contribution in [0.15, 0.2) is 97.2 Å². The van der Waals surface area contributed by atoms with Gasteiger partial charge in [0.05, 0.1) is 40.3 Å². The molecule has 0 heterocycles. The molecule has 0 aliphatic carbocycles. The van der Waals surface area contributed by atoms with Crippen molar-refractivity contribution >= 4 is 17.9 Å². The minimum atomic E-state index is -1.64. The van der Waals surface area contributed by atoms with E-state index in [2.05, 4.69) is 111 Å². The maximum Gasteiger partial charge on any atom is 0.306 e. The first-order valence-electron chi connectivity index (χ1n) is 28.4. The number of rotatable bonds is 51. The van der Waals surface area contributed by atoms with Gasteiger partial charge in [0.2, 0.25) is 0 Å². The number of nitrogens with zero attached hydrogens (tertiary/aromatic N) is 1. The molecule has 0 radical (unpaired) electrons. The van der Waals surface area contributed by atoms with Gasteiger partial charge in [-0.15, -0.1) is 0 Å². The van der Waals surface area contributed by atoms with Crippen LogP contribution in [0.5, 0.6) is 0 Å². The standard InChI is InChI=1S/C62H105NO8/c1-6-8-10-12-14-16-18-20-22-24-26-28-30-32-34-36-38-40-42-44-46-48-50-52-59(64)69-56-58(57-70-62(61(66)67)68-55-54-63(3,4)5)71-60(65)53-51-49-47-45-43-41-39-37-35-33-31-29-27-25-23-21-19-17-15-13-11-9-7-2/h9,11,15,17,21,23-24,26-27,29,33,35,39,41,45,47,58,62H,6-8,10,12-14,16,18-20,22,25,28,30-32,34,36-38,40,42-44,46,48-57H2,1-5H3/b11-9-,17-15-,23-21-,26-24-,29-27-,35-33-,41-39-,47-45-. The SMILES string of the molecule is CC/C=C\C/C=C\C/C=C\C/C=C\C/C=C\C/C=C\C/C=C\CCCC(=O)OC(COC(=O)CCCCCCCCCCCCC/C=C\CCCCCCCCCC)COC(OCC[N+](C)(C)C)C(=O)[O-]. The smallest absolute Gasteiger partial charge is 0.306 e. The lowest BCUT2D eigenvalue weighted by Crippen LogP contribution is -2.44. The third kappa shape index (κ3) is 53.8. The number of quaternary nitrogens is 1. The third-order valence-corrected chi connectivity index (χ3v) is 11.8. The van der Waals surface area contributed by atoms with Crippen molar-refractivity contribution in [1.82, 2.24) is 0 Å². The Morgan fingerprint density at radius 3 is 1.25 bits per heavy atom. The Morgan fingerprint density at radius 1 is 0.437 bits per heavy atom. The van der Waals surface area contributed by atoms with Crippen LogP contribution < -0.4 is 5.11 Å². The fourth-order valence-electron chi connectivity index (χ4n) is 7.46. The Labute approximate surface area is 435 Å². The first kappa shape index (κ1) is 67.2. The summed E-state index contributed by atoms with van der Waals surface area (Å²) in [5, 5.41) is 11.8. The lowest BCUT2D eigenvalue weighted by molar-refractivity contribution is -0.870. The monoisotopic (exact) mass is 992 g/mol. The highest BCUT2D eigenvalue weighted by molar-refractivity contribution is 5.70. The number of carbonyl (C=O) groups excluding carboxylic acids is 3. The van der Waals surface area contributed by atoms with Crippen molar-refractivity contribution in [3.05, 3.63) is 97.2 Å². The zero-order valence-electron chi connectivity index (χ0n) is 46.1. The largest absolute Gasteiger partial charge is 0.545 e. The lowest BCUT2D eigenvalue weighted by atomic mass is 10.0. The number of carboxylic acid groups (broad SMARTS) is 1. The van der Waals surface area contributed by atoms with Crippen molar-refractivity contribution in [2.75, 3.05) is 47.5 Å². The van der Waals surface area contributed by atoms with Gasteiger partial charge in [0, 0.05) is 12.8 Å². The van der Waals surface area contributed by atoms with Crippen molar-refractivity contribution in [2.45, 2.75) is 232 Å².